The second-order valence-electron chi connectivity index (χ2n) is 3.51. The Balaban J connectivity index is 3.41. The monoisotopic (exact) mass is 210 g/mol. The number of rotatable bonds is 7. The van der Waals surface area contributed by atoms with Gasteiger partial charge < -0.3 is 4.52 Å². The fourth-order valence-corrected chi connectivity index (χ4v) is 1.98. The molecular formula is C9H20FO2P. The fourth-order valence-electron chi connectivity index (χ4n) is 1.23. The van der Waals surface area contributed by atoms with Crippen molar-refractivity contribution in [3.05, 3.63) is 0 Å². The molecule has 2 nitrogen and oxygen atoms in total. The summed E-state index contributed by atoms with van der Waals surface area (Å²) in [6, 6.07) is 0. The smallest absolute Gasteiger partial charge is 0.303 e. The van der Waals surface area contributed by atoms with Crippen molar-refractivity contribution in [3.63, 3.8) is 0 Å². The second-order valence-corrected chi connectivity index (χ2v) is 5.22. The fraction of sp³-hybridized carbons (Fsp3) is 1.00. The molecule has 0 amide bonds. The first-order chi connectivity index (χ1) is 5.95. The highest BCUT2D eigenvalue weighted by Gasteiger charge is 2.17. The van der Waals surface area contributed by atoms with E-state index in [9.17, 15) is 8.76 Å². The summed E-state index contributed by atoms with van der Waals surface area (Å²) in [6.45, 7) is 4.92. The van der Waals surface area contributed by atoms with Gasteiger partial charge >= 0.3 is 7.68 Å². The molecule has 0 heterocycles. The van der Waals surface area contributed by atoms with Gasteiger partial charge in [-0.1, -0.05) is 32.6 Å². The third-order valence-electron chi connectivity index (χ3n) is 1.83. The molecular weight excluding hydrogens is 190 g/mol. The summed E-state index contributed by atoms with van der Waals surface area (Å²) in [6.07, 6.45) is 5.12. The van der Waals surface area contributed by atoms with E-state index in [2.05, 4.69) is 6.92 Å². The van der Waals surface area contributed by atoms with Crippen LogP contribution < -0.4 is 0 Å². The van der Waals surface area contributed by atoms with Gasteiger partial charge in [0.2, 0.25) is 0 Å². The minimum absolute atomic E-state index is 0.224. The quantitative estimate of drug-likeness (QED) is 0.466. The van der Waals surface area contributed by atoms with E-state index >= 15 is 0 Å². The van der Waals surface area contributed by atoms with E-state index in [4.69, 9.17) is 4.52 Å². The Morgan fingerprint density at radius 2 is 2.00 bits per heavy atom. The molecule has 0 spiro atoms. The molecule has 0 saturated carbocycles. The lowest BCUT2D eigenvalue weighted by Crippen LogP contribution is -2.04. The average Bonchev–Trinajstić information content (AvgIpc) is 1.94. The number of halogens is 1. The van der Waals surface area contributed by atoms with Crippen molar-refractivity contribution in [2.75, 3.05) is 6.66 Å². The van der Waals surface area contributed by atoms with Gasteiger partial charge in [-0.15, -0.1) is 0 Å². The van der Waals surface area contributed by atoms with Crippen LogP contribution in [-0.4, -0.2) is 12.8 Å². The Morgan fingerprint density at radius 3 is 2.46 bits per heavy atom. The van der Waals surface area contributed by atoms with E-state index in [0.29, 0.717) is 0 Å². The predicted molar refractivity (Wildman–Crippen MR) is 53.9 cm³/mol. The van der Waals surface area contributed by atoms with Crippen LogP contribution in [0.3, 0.4) is 0 Å². The van der Waals surface area contributed by atoms with Crippen LogP contribution in [0.1, 0.15) is 46.0 Å². The zero-order valence-corrected chi connectivity index (χ0v) is 9.65. The normalized spacial score (nSPS) is 18.2. The maximum atomic E-state index is 12.5. The molecule has 0 fully saturated rings. The number of unbranched alkanes of at least 4 members (excludes halogenated alkanes) is 3. The molecule has 0 aliphatic heterocycles. The molecule has 4 heteroatoms. The minimum Gasteiger partial charge on any atom is -0.303 e. The first kappa shape index (κ1) is 13.1. The van der Waals surface area contributed by atoms with E-state index < -0.39 is 7.68 Å². The summed E-state index contributed by atoms with van der Waals surface area (Å²) in [4.78, 5) is 0. The molecule has 0 saturated heterocycles. The van der Waals surface area contributed by atoms with Crippen molar-refractivity contribution in [2.24, 2.45) is 0 Å². The largest absolute Gasteiger partial charge is 0.364 e. The van der Waals surface area contributed by atoms with E-state index in [0.717, 1.165) is 25.9 Å². The molecule has 0 aliphatic carbocycles. The van der Waals surface area contributed by atoms with Gasteiger partial charge in [-0.25, -0.2) is 0 Å². The standard InChI is InChI=1S/C9H20FO2P/c1-4-5-6-7-8-9(2)12-13(3,10)11/h9H,4-8H2,1-3H3/t9-,13-/m1/s1. The lowest BCUT2D eigenvalue weighted by molar-refractivity contribution is 0.195. The third kappa shape index (κ3) is 10.0. The summed E-state index contributed by atoms with van der Waals surface area (Å²) >= 11 is 0. The third-order valence-corrected chi connectivity index (χ3v) is 2.57. The zero-order valence-electron chi connectivity index (χ0n) is 8.75. The topological polar surface area (TPSA) is 26.3 Å². The Morgan fingerprint density at radius 1 is 1.38 bits per heavy atom. The van der Waals surface area contributed by atoms with Gasteiger partial charge in [-0.05, 0) is 13.3 Å². The second kappa shape index (κ2) is 6.56. The molecule has 0 N–H and O–H groups in total. The maximum Gasteiger partial charge on any atom is 0.364 e. The Labute approximate surface area is 80.4 Å². The Bertz CT molecular complexity index is 167. The van der Waals surface area contributed by atoms with Gasteiger partial charge in [0.1, 0.15) is 0 Å². The van der Waals surface area contributed by atoms with E-state index in [1.165, 1.54) is 12.8 Å². The SMILES string of the molecule is CCCCCC[C@@H](C)O[P@@](C)(=O)F. The molecule has 80 valence electrons. The van der Waals surface area contributed by atoms with Crippen molar-refractivity contribution in [1.82, 2.24) is 0 Å². The summed E-state index contributed by atoms with van der Waals surface area (Å²) in [5.74, 6) is 0. The van der Waals surface area contributed by atoms with Crippen LogP contribution in [0.15, 0.2) is 0 Å². The molecule has 0 aromatic rings. The average molecular weight is 210 g/mol. The van der Waals surface area contributed by atoms with Gasteiger partial charge in [0.15, 0.2) is 0 Å². The Hall–Kier alpha value is 0.120. The van der Waals surface area contributed by atoms with Gasteiger partial charge in [-0.3, -0.25) is 4.57 Å². The van der Waals surface area contributed by atoms with Crippen LogP contribution in [0, 0.1) is 0 Å². The molecule has 0 radical (unpaired) electrons. The first-order valence-electron chi connectivity index (χ1n) is 4.91. The van der Waals surface area contributed by atoms with Crippen LogP contribution in [-0.2, 0) is 9.09 Å². The molecule has 0 unspecified atom stereocenters. The zero-order chi connectivity index (χ0) is 10.3. The molecule has 0 aliphatic rings. The maximum absolute atomic E-state index is 12.5. The van der Waals surface area contributed by atoms with Gasteiger partial charge in [0, 0.05) is 6.66 Å². The molecule has 0 aromatic carbocycles. The predicted octanol–water partition coefficient (Wildman–Crippen LogP) is 4.15. The van der Waals surface area contributed by atoms with Gasteiger partial charge in [-0.2, -0.15) is 4.20 Å². The summed E-state index contributed by atoms with van der Waals surface area (Å²) in [7, 11) is -3.78. The number of hydrogen-bond acceptors (Lipinski definition) is 2. The highest BCUT2D eigenvalue weighted by molar-refractivity contribution is 7.52. The van der Waals surface area contributed by atoms with E-state index in [1.807, 2.05) is 0 Å². The first-order valence-corrected chi connectivity index (χ1v) is 6.87. The van der Waals surface area contributed by atoms with Crippen LogP contribution >= 0.6 is 7.68 Å². The van der Waals surface area contributed by atoms with Crippen molar-refractivity contribution in [1.29, 1.82) is 0 Å². The van der Waals surface area contributed by atoms with Crippen molar-refractivity contribution >= 4 is 7.68 Å². The van der Waals surface area contributed by atoms with Crippen molar-refractivity contribution in [2.45, 2.75) is 52.1 Å². The molecule has 0 bridgehead atoms. The minimum atomic E-state index is -3.78. The summed E-state index contributed by atoms with van der Waals surface area (Å²) in [5.41, 5.74) is 0. The van der Waals surface area contributed by atoms with Crippen molar-refractivity contribution < 1.29 is 13.3 Å². The highest BCUT2D eigenvalue weighted by atomic mass is 31.2. The van der Waals surface area contributed by atoms with E-state index in [1.54, 1.807) is 6.92 Å². The molecule has 13 heavy (non-hydrogen) atoms. The van der Waals surface area contributed by atoms with Gasteiger partial charge in [0.05, 0.1) is 6.10 Å². The van der Waals surface area contributed by atoms with Gasteiger partial charge in [0.25, 0.3) is 0 Å². The van der Waals surface area contributed by atoms with Crippen LogP contribution in [0.25, 0.3) is 0 Å². The molecule has 2 atom stereocenters. The molecule has 0 rings (SSSR count). The van der Waals surface area contributed by atoms with E-state index in [-0.39, 0.29) is 6.10 Å². The molecule has 0 aromatic heterocycles. The summed E-state index contributed by atoms with van der Waals surface area (Å²) in [5, 5.41) is 0. The number of hydrogen-bond donors (Lipinski definition) is 0. The lowest BCUT2D eigenvalue weighted by Gasteiger charge is -2.12. The Kier molecular flexibility index (Phi) is 6.62. The van der Waals surface area contributed by atoms with Crippen LogP contribution in [0.4, 0.5) is 4.20 Å². The lowest BCUT2D eigenvalue weighted by atomic mass is 10.1. The van der Waals surface area contributed by atoms with Crippen LogP contribution in [0.5, 0.6) is 0 Å². The van der Waals surface area contributed by atoms with Crippen molar-refractivity contribution in [3.8, 4) is 0 Å². The van der Waals surface area contributed by atoms with Crippen LogP contribution in [0.2, 0.25) is 0 Å². The summed E-state index contributed by atoms with van der Waals surface area (Å²) < 4.78 is 27.9. The highest BCUT2D eigenvalue weighted by Crippen LogP contribution is 2.45.